The van der Waals surface area contributed by atoms with Crippen LogP contribution in [0.5, 0.6) is 0 Å². The van der Waals surface area contributed by atoms with Gasteiger partial charge in [0.15, 0.2) is 0 Å². The molecule has 1 saturated carbocycles. The topological polar surface area (TPSA) is 26.3 Å². The summed E-state index contributed by atoms with van der Waals surface area (Å²) in [5.74, 6) is -0.0345. The summed E-state index contributed by atoms with van der Waals surface area (Å²) in [6.45, 7) is 0. The van der Waals surface area contributed by atoms with Gasteiger partial charge in [-0.3, -0.25) is 4.79 Å². The summed E-state index contributed by atoms with van der Waals surface area (Å²) in [7, 11) is 0. The molecule has 28 heavy (non-hydrogen) atoms. The van der Waals surface area contributed by atoms with E-state index >= 15 is 0 Å². The van der Waals surface area contributed by atoms with E-state index in [2.05, 4.69) is 36.4 Å². The second kappa shape index (κ2) is 6.98. The van der Waals surface area contributed by atoms with E-state index in [0.29, 0.717) is 5.25 Å². The minimum atomic E-state index is -0.306. The molecule has 1 heterocycles. The van der Waals surface area contributed by atoms with E-state index in [1.165, 1.54) is 4.90 Å². The zero-order valence-corrected chi connectivity index (χ0v) is 16.7. The largest absolute Gasteiger partial charge is 0.457 e. The van der Waals surface area contributed by atoms with E-state index in [0.717, 1.165) is 34.6 Å². The van der Waals surface area contributed by atoms with Crippen molar-refractivity contribution >= 4 is 29.3 Å². The van der Waals surface area contributed by atoms with Crippen LogP contribution >= 0.6 is 23.4 Å². The quantitative estimate of drug-likeness (QED) is 0.460. The Kier molecular flexibility index (Phi) is 4.45. The highest BCUT2D eigenvalue weighted by atomic mass is 35.5. The predicted octanol–water partition coefficient (Wildman–Crippen LogP) is 6.55. The molecule has 1 aliphatic carbocycles. The van der Waals surface area contributed by atoms with Gasteiger partial charge in [-0.05, 0) is 47.4 Å². The maximum absolute atomic E-state index is 12.6. The third kappa shape index (κ3) is 3.23. The first-order chi connectivity index (χ1) is 13.6. The minimum absolute atomic E-state index is 0.0345. The molecule has 140 valence electrons. The van der Waals surface area contributed by atoms with Crippen LogP contribution in [-0.2, 0) is 9.53 Å². The van der Waals surface area contributed by atoms with E-state index in [4.69, 9.17) is 16.3 Å². The van der Waals surface area contributed by atoms with Gasteiger partial charge in [0.05, 0.1) is 5.41 Å². The number of ether oxygens (including phenoxy) is 1. The normalized spacial score (nSPS) is 25.7. The van der Waals surface area contributed by atoms with Crippen molar-refractivity contribution in [1.29, 1.82) is 0 Å². The van der Waals surface area contributed by atoms with Gasteiger partial charge < -0.3 is 4.74 Å². The van der Waals surface area contributed by atoms with Gasteiger partial charge >= 0.3 is 5.97 Å². The maximum atomic E-state index is 12.6. The molecule has 1 saturated heterocycles. The van der Waals surface area contributed by atoms with Crippen molar-refractivity contribution < 1.29 is 9.53 Å². The zero-order chi connectivity index (χ0) is 19.1. The number of rotatable bonds is 4. The molecule has 1 aliphatic heterocycles. The SMILES string of the molecule is O=C1O[C@H](c2ccc(-c3ccc(Cl)cc3)cc2)CC12CC2Sc1ccccc1. The van der Waals surface area contributed by atoms with E-state index in [-0.39, 0.29) is 17.5 Å². The number of halogens is 1. The summed E-state index contributed by atoms with van der Waals surface area (Å²) in [4.78, 5) is 13.8. The van der Waals surface area contributed by atoms with Crippen molar-refractivity contribution in [2.24, 2.45) is 5.41 Å². The molecule has 0 bridgehead atoms. The fourth-order valence-corrected chi connectivity index (χ4v) is 5.51. The molecule has 0 radical (unpaired) electrons. The van der Waals surface area contributed by atoms with Gasteiger partial charge in [-0.1, -0.05) is 66.2 Å². The molecule has 3 aromatic rings. The van der Waals surface area contributed by atoms with E-state index in [1.54, 1.807) is 11.8 Å². The van der Waals surface area contributed by atoms with E-state index in [1.807, 2.05) is 42.5 Å². The molecule has 2 unspecified atom stereocenters. The van der Waals surface area contributed by atoms with Crippen molar-refractivity contribution in [3.8, 4) is 11.1 Å². The molecular formula is C24H19ClO2S. The first-order valence-corrected chi connectivity index (χ1v) is 10.7. The van der Waals surface area contributed by atoms with Gasteiger partial charge in [0.25, 0.3) is 0 Å². The second-order valence-corrected chi connectivity index (χ2v) is 9.22. The van der Waals surface area contributed by atoms with Crippen LogP contribution in [0.3, 0.4) is 0 Å². The van der Waals surface area contributed by atoms with Gasteiger partial charge in [-0.15, -0.1) is 11.8 Å². The van der Waals surface area contributed by atoms with E-state index in [9.17, 15) is 4.79 Å². The Labute approximate surface area is 173 Å². The monoisotopic (exact) mass is 406 g/mol. The minimum Gasteiger partial charge on any atom is -0.457 e. The summed E-state index contributed by atoms with van der Waals surface area (Å²) >= 11 is 7.77. The molecule has 0 aromatic heterocycles. The third-order valence-corrected chi connectivity index (χ3v) is 7.39. The standard InChI is InChI=1S/C24H19ClO2S/c25-19-12-10-17(11-13-19)16-6-8-18(9-7-16)21-14-24(23(26)27-21)15-22(24)28-20-4-2-1-3-5-20/h1-13,21-22H,14-15H2/t21-,22?,24?/m0/s1. The Morgan fingerprint density at radius 3 is 2.18 bits per heavy atom. The zero-order valence-electron chi connectivity index (χ0n) is 15.2. The van der Waals surface area contributed by atoms with Crippen LogP contribution in [0.25, 0.3) is 11.1 Å². The van der Waals surface area contributed by atoms with E-state index < -0.39 is 0 Å². The van der Waals surface area contributed by atoms with Crippen LogP contribution in [0, 0.1) is 5.41 Å². The number of thioether (sulfide) groups is 1. The summed E-state index contributed by atoms with van der Waals surface area (Å²) in [5, 5.41) is 1.05. The predicted molar refractivity (Wildman–Crippen MR) is 113 cm³/mol. The number of carbonyl (C=O) groups is 1. The summed E-state index contributed by atoms with van der Waals surface area (Å²) < 4.78 is 5.78. The van der Waals surface area contributed by atoms with Crippen LogP contribution < -0.4 is 0 Å². The van der Waals surface area contributed by atoms with Crippen molar-refractivity contribution in [3.63, 3.8) is 0 Å². The van der Waals surface area contributed by atoms with Crippen molar-refractivity contribution in [1.82, 2.24) is 0 Å². The van der Waals surface area contributed by atoms with Gasteiger partial charge in [0.2, 0.25) is 0 Å². The van der Waals surface area contributed by atoms with Crippen LogP contribution in [0.15, 0.2) is 83.8 Å². The smallest absolute Gasteiger partial charge is 0.314 e. The molecule has 3 atom stereocenters. The Morgan fingerprint density at radius 1 is 0.857 bits per heavy atom. The molecule has 2 nitrogen and oxygen atoms in total. The number of carbonyl (C=O) groups excluding carboxylic acids is 1. The fraction of sp³-hybridized carbons (Fsp3) is 0.208. The van der Waals surface area contributed by atoms with Gasteiger partial charge in [0.1, 0.15) is 6.10 Å². The lowest BCUT2D eigenvalue weighted by atomic mass is 9.96. The summed E-state index contributed by atoms with van der Waals surface area (Å²) in [6, 6.07) is 26.4. The first kappa shape index (κ1) is 17.8. The summed E-state index contributed by atoms with van der Waals surface area (Å²) in [6.07, 6.45) is 1.54. The molecule has 0 N–H and O–H groups in total. The first-order valence-electron chi connectivity index (χ1n) is 9.43. The number of hydrogen-bond donors (Lipinski definition) is 0. The highest BCUT2D eigenvalue weighted by molar-refractivity contribution is 8.00. The number of hydrogen-bond acceptors (Lipinski definition) is 3. The molecular weight excluding hydrogens is 388 g/mol. The molecule has 4 heteroatoms. The molecule has 2 fully saturated rings. The molecule has 0 amide bonds. The highest BCUT2D eigenvalue weighted by Crippen LogP contribution is 2.64. The third-order valence-electron chi connectivity index (χ3n) is 5.69. The maximum Gasteiger partial charge on any atom is 0.314 e. The number of benzene rings is 3. The van der Waals surface area contributed by atoms with Crippen molar-refractivity contribution in [2.45, 2.75) is 29.1 Å². The lowest BCUT2D eigenvalue weighted by Gasteiger charge is -2.10. The Balaban J connectivity index is 1.29. The van der Waals surface area contributed by atoms with Crippen LogP contribution in [0.1, 0.15) is 24.5 Å². The van der Waals surface area contributed by atoms with Gasteiger partial charge in [-0.25, -0.2) is 0 Å². The number of esters is 1. The fourth-order valence-electron chi connectivity index (χ4n) is 3.94. The van der Waals surface area contributed by atoms with Crippen LogP contribution in [0.4, 0.5) is 0 Å². The molecule has 3 aromatic carbocycles. The average molecular weight is 407 g/mol. The van der Waals surface area contributed by atoms with Gasteiger partial charge in [0, 0.05) is 21.6 Å². The Bertz CT molecular complexity index is 1000. The Morgan fingerprint density at radius 2 is 1.50 bits per heavy atom. The van der Waals surface area contributed by atoms with Gasteiger partial charge in [-0.2, -0.15) is 0 Å². The van der Waals surface area contributed by atoms with Crippen molar-refractivity contribution in [3.05, 3.63) is 89.4 Å². The van der Waals surface area contributed by atoms with Crippen molar-refractivity contribution in [2.75, 3.05) is 0 Å². The molecule has 1 spiro atoms. The summed E-state index contributed by atoms with van der Waals surface area (Å²) in [5.41, 5.74) is 3.01. The molecule has 5 rings (SSSR count). The Hall–Kier alpha value is -2.23. The lowest BCUT2D eigenvalue weighted by molar-refractivity contribution is -0.145. The lowest BCUT2D eigenvalue weighted by Crippen LogP contribution is -2.11. The van der Waals surface area contributed by atoms with Crippen LogP contribution in [0.2, 0.25) is 5.02 Å². The highest BCUT2D eigenvalue weighted by Gasteiger charge is 2.66. The van der Waals surface area contributed by atoms with Crippen LogP contribution in [-0.4, -0.2) is 11.2 Å². The average Bonchev–Trinajstić information content (AvgIpc) is 3.31. The number of cyclic esters (lactones) is 1. The molecule has 2 aliphatic rings. The second-order valence-electron chi connectivity index (χ2n) is 7.51.